The van der Waals surface area contributed by atoms with Gasteiger partial charge in [-0.1, -0.05) is 12.1 Å². The first kappa shape index (κ1) is 13.9. The van der Waals surface area contributed by atoms with Crippen molar-refractivity contribution in [2.75, 3.05) is 13.7 Å². The maximum Gasteiger partial charge on any atom is 0.420 e. The molecule has 0 aromatic heterocycles. The topological polar surface area (TPSA) is 92.2 Å². The van der Waals surface area contributed by atoms with Gasteiger partial charge < -0.3 is 20.1 Å². The minimum atomic E-state index is -1.35. The molecule has 0 bridgehead atoms. The highest BCUT2D eigenvalue weighted by molar-refractivity contribution is 6.35. The molecule has 0 aliphatic heterocycles. The van der Waals surface area contributed by atoms with Gasteiger partial charge in [-0.05, 0) is 24.6 Å². The molecular formula is C12H14N2O4. The molecule has 96 valence electrons. The first-order valence-electron chi connectivity index (χ1n) is 5.35. The first-order chi connectivity index (χ1) is 8.63. The molecular weight excluding hydrogens is 236 g/mol. The summed E-state index contributed by atoms with van der Waals surface area (Å²) in [4.78, 5) is 14.2. The summed E-state index contributed by atoms with van der Waals surface area (Å²) in [7, 11) is 1.52. The van der Waals surface area contributed by atoms with E-state index in [1.807, 2.05) is 0 Å². The predicted molar refractivity (Wildman–Crippen MR) is 63.2 cm³/mol. The number of rotatable bonds is 5. The molecule has 0 saturated heterocycles. The highest BCUT2D eigenvalue weighted by Gasteiger charge is 2.32. The van der Waals surface area contributed by atoms with E-state index in [1.165, 1.54) is 7.11 Å². The Balaban J connectivity index is 2.93. The van der Waals surface area contributed by atoms with Crippen molar-refractivity contribution in [2.45, 2.75) is 13.0 Å². The second-order valence-electron chi connectivity index (χ2n) is 3.38. The highest BCUT2D eigenvalue weighted by atomic mass is 16.5. The van der Waals surface area contributed by atoms with Gasteiger partial charge in [0.25, 0.3) is 0 Å². The van der Waals surface area contributed by atoms with Crippen molar-refractivity contribution in [2.24, 2.45) is 0 Å². The van der Waals surface area contributed by atoms with Crippen molar-refractivity contribution in [3.8, 4) is 5.75 Å². The molecule has 0 radical (unpaired) electrons. The highest BCUT2D eigenvalue weighted by Crippen LogP contribution is 2.18. The lowest BCUT2D eigenvalue weighted by Gasteiger charge is -2.07. The van der Waals surface area contributed by atoms with Gasteiger partial charge in [-0.3, -0.25) is 0 Å². The third-order valence-electron chi connectivity index (χ3n) is 2.28. The van der Waals surface area contributed by atoms with Crippen LogP contribution >= 0.6 is 0 Å². The van der Waals surface area contributed by atoms with Crippen LogP contribution in [0, 0.1) is 0 Å². The van der Waals surface area contributed by atoms with Crippen molar-refractivity contribution in [1.82, 2.24) is 0 Å². The molecule has 18 heavy (non-hydrogen) atoms. The molecule has 1 N–H and O–H groups in total. The number of esters is 1. The van der Waals surface area contributed by atoms with E-state index in [4.69, 9.17) is 10.3 Å². The van der Waals surface area contributed by atoms with E-state index in [0.717, 1.165) is 0 Å². The fourth-order valence-electron chi connectivity index (χ4n) is 1.36. The second kappa shape index (κ2) is 6.54. The Morgan fingerprint density at radius 1 is 1.44 bits per heavy atom. The average Bonchev–Trinajstić information content (AvgIpc) is 2.40. The molecule has 6 nitrogen and oxygen atoms in total. The Morgan fingerprint density at radius 3 is 2.50 bits per heavy atom. The minimum absolute atomic E-state index is 0.132. The summed E-state index contributed by atoms with van der Waals surface area (Å²) < 4.78 is 9.64. The Labute approximate surface area is 104 Å². The average molecular weight is 250 g/mol. The van der Waals surface area contributed by atoms with Gasteiger partial charge in [0.1, 0.15) is 5.75 Å². The van der Waals surface area contributed by atoms with E-state index in [2.05, 4.69) is 9.53 Å². The number of hydrogen-bond donors (Lipinski definition) is 1. The van der Waals surface area contributed by atoms with Gasteiger partial charge >= 0.3 is 11.7 Å². The number of aliphatic hydroxyl groups excluding tert-OH is 1. The summed E-state index contributed by atoms with van der Waals surface area (Å²) in [5.41, 5.74) is 8.70. The summed E-state index contributed by atoms with van der Waals surface area (Å²) in [5.74, 6) is -0.243. The Hall–Kier alpha value is -2.17. The zero-order chi connectivity index (χ0) is 13.5. The van der Waals surface area contributed by atoms with Crippen LogP contribution in [0.4, 0.5) is 0 Å². The lowest BCUT2D eigenvalue weighted by atomic mass is 10.1. The maximum atomic E-state index is 11.4. The molecule has 1 aromatic carbocycles. The standard InChI is InChI=1S/C12H14N2O4/c1-3-18-12(16)10(14-13)11(15)8-4-6-9(17-2)7-5-8/h4-7,11,15H,3H2,1-2H3. The van der Waals surface area contributed by atoms with Crippen LogP contribution in [-0.2, 0) is 9.53 Å². The quantitative estimate of drug-likeness (QED) is 0.364. The molecule has 1 unspecified atom stereocenters. The fraction of sp³-hybridized carbons (Fsp3) is 0.333. The van der Waals surface area contributed by atoms with Gasteiger partial charge in [-0.15, -0.1) is 0 Å². The van der Waals surface area contributed by atoms with Crippen LogP contribution in [0.2, 0.25) is 0 Å². The first-order valence-corrected chi connectivity index (χ1v) is 5.35. The van der Waals surface area contributed by atoms with Crippen molar-refractivity contribution in [1.29, 1.82) is 0 Å². The van der Waals surface area contributed by atoms with Crippen molar-refractivity contribution >= 4 is 11.7 Å². The normalized spacial score (nSPS) is 11.3. The molecule has 1 atom stereocenters. The van der Waals surface area contributed by atoms with Gasteiger partial charge in [-0.25, -0.2) is 4.79 Å². The SMILES string of the molecule is CCOC(=O)C(=[N+]=[N-])C(O)c1ccc(OC)cc1. The minimum Gasteiger partial charge on any atom is -0.497 e. The molecule has 0 heterocycles. The number of nitrogens with zero attached hydrogens (tertiary/aromatic N) is 2. The Kier molecular flexibility index (Phi) is 5.05. The van der Waals surface area contributed by atoms with Gasteiger partial charge in [0.05, 0.1) is 13.7 Å². The number of methoxy groups -OCH3 is 1. The molecule has 0 aliphatic rings. The van der Waals surface area contributed by atoms with Crippen LogP contribution in [-0.4, -0.2) is 35.3 Å². The summed E-state index contributed by atoms with van der Waals surface area (Å²) in [6, 6.07) is 6.37. The number of aliphatic hydroxyl groups is 1. The van der Waals surface area contributed by atoms with Gasteiger partial charge in [0.15, 0.2) is 6.10 Å². The summed E-state index contributed by atoms with van der Waals surface area (Å²) in [6.45, 7) is 1.75. The third-order valence-corrected chi connectivity index (χ3v) is 2.28. The van der Waals surface area contributed by atoms with Crippen molar-refractivity contribution in [3.05, 3.63) is 35.4 Å². The monoisotopic (exact) mass is 250 g/mol. The van der Waals surface area contributed by atoms with Crippen LogP contribution in [0.3, 0.4) is 0 Å². The van der Waals surface area contributed by atoms with E-state index in [-0.39, 0.29) is 6.61 Å². The van der Waals surface area contributed by atoms with Crippen LogP contribution in [0.5, 0.6) is 5.75 Å². The van der Waals surface area contributed by atoms with E-state index in [0.29, 0.717) is 11.3 Å². The summed E-state index contributed by atoms with van der Waals surface area (Å²) in [5, 5.41) is 9.91. The maximum absolute atomic E-state index is 11.4. The molecule has 0 fully saturated rings. The van der Waals surface area contributed by atoms with Gasteiger partial charge in [0.2, 0.25) is 0 Å². The Bertz CT molecular complexity index is 463. The Morgan fingerprint density at radius 2 is 2.06 bits per heavy atom. The van der Waals surface area contributed by atoms with E-state index in [9.17, 15) is 9.90 Å². The number of ether oxygens (including phenoxy) is 2. The number of hydrogen-bond acceptors (Lipinski definition) is 4. The molecule has 0 saturated carbocycles. The van der Waals surface area contributed by atoms with Crippen LogP contribution < -0.4 is 4.74 Å². The lowest BCUT2D eigenvalue weighted by Crippen LogP contribution is -2.25. The second-order valence-corrected chi connectivity index (χ2v) is 3.38. The van der Waals surface area contributed by atoms with Crippen LogP contribution in [0.15, 0.2) is 24.3 Å². The zero-order valence-corrected chi connectivity index (χ0v) is 10.2. The lowest BCUT2D eigenvalue weighted by molar-refractivity contribution is -0.141. The van der Waals surface area contributed by atoms with Crippen LogP contribution in [0.25, 0.3) is 5.53 Å². The van der Waals surface area contributed by atoms with Crippen molar-refractivity contribution in [3.63, 3.8) is 0 Å². The van der Waals surface area contributed by atoms with E-state index >= 15 is 0 Å². The number of benzene rings is 1. The number of carbonyl (C=O) groups excluding carboxylic acids is 1. The van der Waals surface area contributed by atoms with Crippen LogP contribution in [0.1, 0.15) is 18.6 Å². The predicted octanol–water partition coefficient (Wildman–Crippen LogP) is 0.962. The van der Waals surface area contributed by atoms with E-state index in [1.54, 1.807) is 31.2 Å². The summed E-state index contributed by atoms with van der Waals surface area (Å²) >= 11 is 0. The molecule has 0 amide bonds. The summed E-state index contributed by atoms with van der Waals surface area (Å²) in [6.07, 6.45) is -1.35. The number of carbonyl (C=O) groups is 1. The van der Waals surface area contributed by atoms with Gasteiger partial charge in [0, 0.05) is 0 Å². The van der Waals surface area contributed by atoms with Gasteiger partial charge in [-0.2, -0.15) is 4.79 Å². The zero-order valence-electron chi connectivity index (χ0n) is 10.2. The molecule has 6 heteroatoms. The molecule has 1 rings (SSSR count). The molecule has 0 spiro atoms. The molecule has 0 aliphatic carbocycles. The molecule has 1 aromatic rings. The third kappa shape index (κ3) is 3.16. The van der Waals surface area contributed by atoms with Crippen molar-refractivity contribution < 1.29 is 24.2 Å². The van der Waals surface area contributed by atoms with E-state index < -0.39 is 17.8 Å². The smallest absolute Gasteiger partial charge is 0.420 e. The fourth-order valence-corrected chi connectivity index (χ4v) is 1.36. The largest absolute Gasteiger partial charge is 0.497 e.